The molecule has 0 N–H and O–H groups in total. The second-order valence-corrected chi connectivity index (χ2v) is 3.05. The van der Waals surface area contributed by atoms with Crippen LogP contribution in [0.25, 0.3) is 0 Å². The lowest BCUT2D eigenvalue weighted by molar-refractivity contribution is -0.607. The topological polar surface area (TPSA) is 44.0 Å². The summed E-state index contributed by atoms with van der Waals surface area (Å²) in [6.45, 7) is 0. The van der Waals surface area contributed by atoms with Crippen molar-refractivity contribution < 1.29 is 9.52 Å². The number of ketones is 1. The fourth-order valence-electron chi connectivity index (χ4n) is 1.17. The maximum atomic E-state index is 11.4. The Morgan fingerprint density at radius 1 is 1.50 bits per heavy atom. The van der Waals surface area contributed by atoms with Crippen molar-refractivity contribution in [2.24, 2.45) is 5.92 Å². The summed E-state index contributed by atoms with van der Waals surface area (Å²) in [7, 11) is 0. The van der Waals surface area contributed by atoms with E-state index in [4.69, 9.17) is 0 Å². The van der Waals surface area contributed by atoms with Gasteiger partial charge in [-0.2, -0.15) is 4.73 Å². The van der Waals surface area contributed by atoms with E-state index in [2.05, 4.69) is 0 Å². The van der Waals surface area contributed by atoms with Crippen molar-refractivity contribution >= 4 is 5.78 Å². The van der Waals surface area contributed by atoms with Crippen LogP contribution in [0.15, 0.2) is 24.4 Å². The fraction of sp³-hybridized carbons (Fsp3) is 0.333. The zero-order valence-corrected chi connectivity index (χ0v) is 6.56. The molecule has 0 aliphatic heterocycles. The molecule has 1 aromatic rings. The zero-order chi connectivity index (χ0) is 8.55. The van der Waals surface area contributed by atoms with E-state index in [-0.39, 0.29) is 17.4 Å². The SMILES string of the molecule is O=C(c1cccc[n+]1[O-])C1CC1. The van der Waals surface area contributed by atoms with Crippen molar-refractivity contribution in [3.8, 4) is 0 Å². The minimum atomic E-state index is -0.00870. The van der Waals surface area contributed by atoms with Gasteiger partial charge in [-0.3, -0.25) is 4.79 Å². The van der Waals surface area contributed by atoms with Crippen LogP contribution in [0.2, 0.25) is 0 Å². The predicted octanol–water partition coefficient (Wildman–Crippen LogP) is 0.913. The van der Waals surface area contributed by atoms with Crippen molar-refractivity contribution in [2.45, 2.75) is 12.8 Å². The van der Waals surface area contributed by atoms with E-state index in [0.717, 1.165) is 12.8 Å². The van der Waals surface area contributed by atoms with Crippen LogP contribution in [0.1, 0.15) is 23.3 Å². The number of pyridine rings is 1. The molecular formula is C9H9NO2. The molecule has 1 saturated carbocycles. The average molecular weight is 163 g/mol. The number of carbonyl (C=O) groups excluding carboxylic acids is 1. The molecule has 0 atom stereocenters. The Labute approximate surface area is 70.2 Å². The Morgan fingerprint density at radius 3 is 2.83 bits per heavy atom. The monoisotopic (exact) mass is 163 g/mol. The molecule has 0 unspecified atom stereocenters. The summed E-state index contributed by atoms with van der Waals surface area (Å²) in [6.07, 6.45) is 3.23. The van der Waals surface area contributed by atoms with Gasteiger partial charge in [0.25, 0.3) is 5.69 Å². The number of hydrogen-bond donors (Lipinski definition) is 0. The number of hydrogen-bond acceptors (Lipinski definition) is 2. The quantitative estimate of drug-likeness (QED) is 0.369. The average Bonchev–Trinajstić information content (AvgIpc) is 2.86. The van der Waals surface area contributed by atoms with Gasteiger partial charge < -0.3 is 5.21 Å². The van der Waals surface area contributed by atoms with E-state index >= 15 is 0 Å². The van der Waals surface area contributed by atoms with E-state index in [1.807, 2.05) is 0 Å². The Balaban J connectivity index is 2.32. The summed E-state index contributed by atoms with van der Waals surface area (Å²) < 4.78 is 0.640. The number of rotatable bonds is 2. The molecular weight excluding hydrogens is 154 g/mol. The first kappa shape index (κ1) is 7.28. The third-order valence-electron chi connectivity index (χ3n) is 2.02. The minimum Gasteiger partial charge on any atom is -0.618 e. The summed E-state index contributed by atoms with van der Waals surface area (Å²) in [5.74, 6) is 0.109. The highest BCUT2D eigenvalue weighted by Gasteiger charge is 2.34. The fourth-order valence-corrected chi connectivity index (χ4v) is 1.17. The van der Waals surface area contributed by atoms with Crippen LogP contribution in [-0.2, 0) is 0 Å². The predicted molar refractivity (Wildman–Crippen MR) is 42.5 cm³/mol. The third kappa shape index (κ3) is 1.18. The Morgan fingerprint density at radius 2 is 2.25 bits per heavy atom. The standard InChI is InChI=1S/C9H9NO2/c11-9(7-4-5-7)8-3-1-2-6-10(8)12/h1-3,6-7H,4-5H2. The molecule has 1 aliphatic carbocycles. The van der Waals surface area contributed by atoms with Gasteiger partial charge in [0, 0.05) is 18.1 Å². The molecule has 0 amide bonds. The first-order valence-corrected chi connectivity index (χ1v) is 4.01. The molecule has 0 bridgehead atoms. The molecule has 3 nitrogen and oxygen atoms in total. The van der Waals surface area contributed by atoms with Crippen LogP contribution in [0, 0.1) is 11.1 Å². The van der Waals surface area contributed by atoms with Gasteiger partial charge in [-0.05, 0) is 18.9 Å². The van der Waals surface area contributed by atoms with Crippen LogP contribution in [0.3, 0.4) is 0 Å². The highest BCUT2D eigenvalue weighted by molar-refractivity contribution is 5.96. The molecule has 12 heavy (non-hydrogen) atoms. The van der Waals surface area contributed by atoms with Gasteiger partial charge in [0.2, 0.25) is 5.78 Å². The maximum absolute atomic E-state index is 11.4. The smallest absolute Gasteiger partial charge is 0.260 e. The second kappa shape index (κ2) is 2.59. The van der Waals surface area contributed by atoms with E-state index in [0.29, 0.717) is 4.73 Å². The molecule has 1 aliphatic rings. The summed E-state index contributed by atoms with van der Waals surface area (Å²) in [5, 5.41) is 11.1. The molecule has 1 aromatic heterocycles. The molecule has 62 valence electrons. The summed E-state index contributed by atoms with van der Waals surface area (Å²) in [5.41, 5.74) is 0.278. The van der Waals surface area contributed by atoms with Gasteiger partial charge in [0.05, 0.1) is 0 Å². The van der Waals surface area contributed by atoms with Crippen molar-refractivity contribution in [1.29, 1.82) is 0 Å². The second-order valence-electron chi connectivity index (χ2n) is 3.05. The minimum absolute atomic E-state index is 0.00870. The van der Waals surface area contributed by atoms with Crippen molar-refractivity contribution in [1.82, 2.24) is 0 Å². The van der Waals surface area contributed by atoms with Crippen LogP contribution in [0.5, 0.6) is 0 Å². The summed E-state index contributed by atoms with van der Waals surface area (Å²) in [6, 6.07) is 4.91. The molecule has 0 saturated heterocycles. The molecule has 3 heteroatoms. The summed E-state index contributed by atoms with van der Waals surface area (Å²) in [4.78, 5) is 11.4. The maximum Gasteiger partial charge on any atom is 0.260 e. The van der Waals surface area contributed by atoms with Gasteiger partial charge in [-0.25, -0.2) is 0 Å². The molecule has 1 heterocycles. The zero-order valence-electron chi connectivity index (χ0n) is 6.56. The highest BCUT2D eigenvalue weighted by Crippen LogP contribution is 2.31. The lowest BCUT2D eigenvalue weighted by atomic mass is 10.2. The number of carbonyl (C=O) groups is 1. The lowest BCUT2D eigenvalue weighted by Crippen LogP contribution is -2.34. The molecule has 2 rings (SSSR count). The van der Waals surface area contributed by atoms with Gasteiger partial charge in [0.1, 0.15) is 0 Å². The number of Topliss-reactive ketones (excluding diaryl/α,β-unsaturated/α-hetero) is 1. The molecule has 1 fully saturated rings. The van der Waals surface area contributed by atoms with Gasteiger partial charge in [-0.15, -0.1) is 0 Å². The Hall–Kier alpha value is -1.38. The molecule has 0 radical (unpaired) electrons. The summed E-state index contributed by atoms with van der Waals surface area (Å²) >= 11 is 0. The normalized spacial score (nSPS) is 16.0. The van der Waals surface area contributed by atoms with Crippen LogP contribution in [-0.4, -0.2) is 5.78 Å². The molecule has 0 spiro atoms. The first-order valence-electron chi connectivity index (χ1n) is 4.01. The van der Waals surface area contributed by atoms with E-state index in [9.17, 15) is 10.0 Å². The van der Waals surface area contributed by atoms with Gasteiger partial charge in [0.15, 0.2) is 6.20 Å². The molecule has 0 aromatic carbocycles. The van der Waals surface area contributed by atoms with Crippen molar-refractivity contribution in [3.05, 3.63) is 35.3 Å². The van der Waals surface area contributed by atoms with E-state index < -0.39 is 0 Å². The highest BCUT2D eigenvalue weighted by atomic mass is 16.5. The lowest BCUT2D eigenvalue weighted by Gasteiger charge is -2.00. The van der Waals surface area contributed by atoms with Crippen molar-refractivity contribution in [3.63, 3.8) is 0 Å². The third-order valence-corrected chi connectivity index (χ3v) is 2.02. The Kier molecular flexibility index (Phi) is 1.57. The van der Waals surface area contributed by atoms with E-state index in [1.54, 1.807) is 18.2 Å². The van der Waals surface area contributed by atoms with Crippen LogP contribution >= 0.6 is 0 Å². The Bertz CT molecular complexity index is 318. The van der Waals surface area contributed by atoms with Crippen LogP contribution < -0.4 is 4.73 Å². The van der Waals surface area contributed by atoms with Gasteiger partial charge >= 0.3 is 0 Å². The largest absolute Gasteiger partial charge is 0.618 e. The number of aromatic nitrogens is 1. The van der Waals surface area contributed by atoms with Crippen molar-refractivity contribution in [2.75, 3.05) is 0 Å². The number of nitrogens with zero attached hydrogens (tertiary/aromatic N) is 1. The first-order chi connectivity index (χ1) is 5.79. The van der Waals surface area contributed by atoms with E-state index in [1.165, 1.54) is 6.20 Å². The van der Waals surface area contributed by atoms with Crippen LogP contribution in [0.4, 0.5) is 0 Å². The van der Waals surface area contributed by atoms with Gasteiger partial charge in [-0.1, -0.05) is 0 Å².